The van der Waals surface area contributed by atoms with Crippen molar-refractivity contribution in [3.63, 3.8) is 0 Å². The Kier molecular flexibility index (Phi) is 4.62. The van der Waals surface area contributed by atoms with Gasteiger partial charge in [0.25, 0.3) is 0 Å². The molecule has 0 N–H and O–H groups in total. The number of fused-ring (bicyclic) bond motifs is 1. The van der Waals surface area contributed by atoms with Crippen LogP contribution in [0.1, 0.15) is 16.7 Å². The van der Waals surface area contributed by atoms with Crippen molar-refractivity contribution >= 4 is 5.65 Å². The number of hydrogen-bond donors (Lipinski definition) is 0. The summed E-state index contributed by atoms with van der Waals surface area (Å²) in [6.45, 7) is 0. The maximum atomic E-state index is 4.64. The van der Waals surface area contributed by atoms with Crippen molar-refractivity contribution in [2.24, 2.45) is 0 Å². The molecule has 4 nitrogen and oxygen atoms in total. The molecule has 3 aromatic carbocycles. The molecular formula is C29H22N4. The van der Waals surface area contributed by atoms with E-state index in [4.69, 9.17) is 0 Å². The molecule has 158 valence electrons. The molecule has 0 radical (unpaired) electrons. The first-order chi connectivity index (χ1) is 16.4. The maximum absolute atomic E-state index is 4.64. The minimum Gasteiger partial charge on any atom is -0.312 e. The lowest BCUT2D eigenvalue weighted by atomic mass is 9.76. The SMILES string of the molecule is c1ccc(C(c2ccccc2)(c2ccccc2)n2cncc2-c2ccn3ccnc3c2)cc1. The summed E-state index contributed by atoms with van der Waals surface area (Å²) < 4.78 is 4.31. The van der Waals surface area contributed by atoms with E-state index in [-0.39, 0.29) is 0 Å². The second-order valence-corrected chi connectivity index (χ2v) is 8.07. The van der Waals surface area contributed by atoms with Crippen LogP contribution in [0.4, 0.5) is 0 Å². The third-order valence-corrected chi connectivity index (χ3v) is 6.27. The summed E-state index contributed by atoms with van der Waals surface area (Å²) in [5.41, 5.74) is 5.91. The van der Waals surface area contributed by atoms with Gasteiger partial charge in [0.05, 0.1) is 18.2 Å². The molecule has 0 atom stereocenters. The van der Waals surface area contributed by atoms with E-state index in [1.807, 2.05) is 35.5 Å². The van der Waals surface area contributed by atoms with Crippen molar-refractivity contribution in [3.8, 4) is 11.3 Å². The molecule has 0 saturated heterocycles. The number of hydrogen-bond acceptors (Lipinski definition) is 2. The van der Waals surface area contributed by atoms with Gasteiger partial charge in [-0.15, -0.1) is 0 Å². The van der Waals surface area contributed by atoms with E-state index in [9.17, 15) is 0 Å². The molecule has 4 heteroatoms. The molecule has 3 heterocycles. The van der Waals surface area contributed by atoms with E-state index in [1.165, 1.54) is 16.7 Å². The Bertz CT molecular complexity index is 1400. The van der Waals surface area contributed by atoms with Crippen molar-refractivity contribution in [2.45, 2.75) is 5.54 Å². The Morgan fingerprint density at radius 1 is 0.636 bits per heavy atom. The molecule has 0 bridgehead atoms. The Morgan fingerprint density at radius 3 is 1.79 bits per heavy atom. The summed E-state index contributed by atoms with van der Waals surface area (Å²) in [7, 11) is 0. The third-order valence-electron chi connectivity index (χ3n) is 6.27. The highest BCUT2D eigenvalue weighted by Gasteiger charge is 2.39. The average Bonchev–Trinajstić information content (AvgIpc) is 3.56. The Balaban J connectivity index is 1.71. The summed E-state index contributed by atoms with van der Waals surface area (Å²) in [5.74, 6) is 0. The lowest BCUT2D eigenvalue weighted by Crippen LogP contribution is -2.37. The molecule has 6 rings (SSSR count). The van der Waals surface area contributed by atoms with Gasteiger partial charge in [0.2, 0.25) is 0 Å². The first-order valence-electron chi connectivity index (χ1n) is 11.0. The lowest BCUT2D eigenvalue weighted by Gasteiger charge is -2.38. The molecule has 33 heavy (non-hydrogen) atoms. The normalized spacial score (nSPS) is 11.6. The second kappa shape index (κ2) is 7.92. The van der Waals surface area contributed by atoms with Gasteiger partial charge in [-0.1, -0.05) is 91.0 Å². The van der Waals surface area contributed by atoms with Crippen molar-refractivity contribution in [2.75, 3.05) is 0 Å². The molecule has 0 aliphatic rings. The quantitative estimate of drug-likeness (QED) is 0.315. The highest BCUT2D eigenvalue weighted by Crippen LogP contribution is 2.43. The molecule has 0 aliphatic heterocycles. The molecular weight excluding hydrogens is 404 g/mol. The molecule has 0 unspecified atom stereocenters. The zero-order valence-electron chi connectivity index (χ0n) is 18.0. The Morgan fingerprint density at radius 2 is 1.21 bits per heavy atom. The van der Waals surface area contributed by atoms with Gasteiger partial charge in [0.1, 0.15) is 11.2 Å². The van der Waals surface area contributed by atoms with Gasteiger partial charge in [0, 0.05) is 24.2 Å². The van der Waals surface area contributed by atoms with Gasteiger partial charge in [0.15, 0.2) is 0 Å². The van der Waals surface area contributed by atoms with E-state index >= 15 is 0 Å². The summed E-state index contributed by atoms with van der Waals surface area (Å²) in [4.78, 5) is 9.13. The molecule has 6 aromatic rings. The average molecular weight is 427 g/mol. The number of rotatable bonds is 5. The molecule has 0 spiro atoms. The van der Waals surface area contributed by atoms with Gasteiger partial charge in [-0.2, -0.15) is 0 Å². The third kappa shape index (κ3) is 3.07. The topological polar surface area (TPSA) is 35.1 Å². The van der Waals surface area contributed by atoms with Crippen molar-refractivity contribution in [1.29, 1.82) is 0 Å². The zero-order chi connectivity index (χ0) is 22.1. The van der Waals surface area contributed by atoms with Crippen LogP contribution in [0, 0.1) is 0 Å². The molecule has 0 fully saturated rings. The molecule has 0 amide bonds. The standard InChI is InChI=1S/C29H22N4/c1-4-10-24(11-5-1)29(25-12-6-2-7-13-25,26-14-8-3-9-15-26)33-22-30-21-27(33)23-16-18-32-19-17-31-28(32)20-23/h1-22H. The monoisotopic (exact) mass is 426 g/mol. The van der Waals surface area contributed by atoms with Gasteiger partial charge in [-0.25, -0.2) is 9.97 Å². The maximum Gasteiger partial charge on any atom is 0.137 e. The van der Waals surface area contributed by atoms with Gasteiger partial charge in [-0.3, -0.25) is 0 Å². The van der Waals surface area contributed by atoms with Gasteiger partial charge in [-0.05, 0) is 28.8 Å². The summed E-state index contributed by atoms with van der Waals surface area (Å²) in [5, 5.41) is 0. The van der Waals surface area contributed by atoms with Crippen LogP contribution in [0.2, 0.25) is 0 Å². The van der Waals surface area contributed by atoms with Crippen LogP contribution in [-0.4, -0.2) is 18.9 Å². The van der Waals surface area contributed by atoms with E-state index in [0.29, 0.717) is 0 Å². The number of imidazole rings is 2. The largest absolute Gasteiger partial charge is 0.312 e. The molecule has 0 saturated carbocycles. The van der Waals surface area contributed by atoms with Crippen LogP contribution >= 0.6 is 0 Å². The van der Waals surface area contributed by atoms with Crippen LogP contribution in [0.5, 0.6) is 0 Å². The van der Waals surface area contributed by atoms with E-state index in [2.05, 4.69) is 118 Å². The predicted octanol–water partition coefficient (Wildman–Crippen LogP) is 6.04. The van der Waals surface area contributed by atoms with Crippen LogP contribution in [-0.2, 0) is 5.54 Å². The summed E-state index contributed by atoms with van der Waals surface area (Å²) >= 11 is 0. The van der Waals surface area contributed by atoms with Crippen LogP contribution in [0.3, 0.4) is 0 Å². The Labute approximate surface area is 192 Å². The minimum absolute atomic E-state index is 0.600. The fourth-order valence-electron chi connectivity index (χ4n) is 4.80. The van der Waals surface area contributed by atoms with E-state index in [1.54, 1.807) is 0 Å². The number of aromatic nitrogens is 4. The first kappa shape index (κ1) is 19.3. The fraction of sp³-hybridized carbons (Fsp3) is 0.0345. The van der Waals surface area contributed by atoms with E-state index in [0.717, 1.165) is 16.9 Å². The fourth-order valence-corrected chi connectivity index (χ4v) is 4.80. The number of benzene rings is 3. The lowest BCUT2D eigenvalue weighted by molar-refractivity contribution is 0.519. The highest BCUT2D eigenvalue weighted by molar-refractivity contribution is 5.66. The van der Waals surface area contributed by atoms with E-state index < -0.39 is 5.54 Å². The van der Waals surface area contributed by atoms with Crippen LogP contribution in [0.25, 0.3) is 16.9 Å². The van der Waals surface area contributed by atoms with Gasteiger partial charge < -0.3 is 8.97 Å². The zero-order valence-corrected chi connectivity index (χ0v) is 18.0. The van der Waals surface area contributed by atoms with Gasteiger partial charge >= 0.3 is 0 Å². The Hall–Kier alpha value is -4.44. The number of nitrogens with zero attached hydrogens (tertiary/aromatic N) is 4. The number of pyridine rings is 1. The summed E-state index contributed by atoms with van der Waals surface area (Å²) in [6, 6.07) is 36.2. The summed E-state index contributed by atoms with van der Waals surface area (Å²) in [6.07, 6.45) is 9.71. The predicted molar refractivity (Wildman–Crippen MR) is 131 cm³/mol. The minimum atomic E-state index is -0.600. The first-order valence-corrected chi connectivity index (χ1v) is 11.0. The highest BCUT2D eigenvalue weighted by atomic mass is 15.1. The van der Waals surface area contributed by atoms with Crippen molar-refractivity contribution < 1.29 is 0 Å². The van der Waals surface area contributed by atoms with Crippen LogP contribution < -0.4 is 0 Å². The second-order valence-electron chi connectivity index (χ2n) is 8.07. The molecule has 0 aliphatic carbocycles. The van der Waals surface area contributed by atoms with Crippen molar-refractivity contribution in [3.05, 3.63) is 151 Å². The van der Waals surface area contributed by atoms with Crippen molar-refractivity contribution in [1.82, 2.24) is 18.9 Å². The van der Waals surface area contributed by atoms with Crippen LogP contribution in [0.15, 0.2) is 134 Å². The smallest absolute Gasteiger partial charge is 0.137 e. The molecule has 3 aromatic heterocycles.